The van der Waals surface area contributed by atoms with Crippen LogP contribution in [0.3, 0.4) is 0 Å². The molecule has 0 heterocycles. The Kier molecular flexibility index (Phi) is 8.72. The number of hydrogen-bond acceptors (Lipinski definition) is 5. The predicted octanol–water partition coefficient (Wildman–Crippen LogP) is 4.80. The maximum atomic E-state index is 13.3. The molecule has 3 aromatic carbocycles. The van der Waals surface area contributed by atoms with E-state index in [9.17, 15) is 4.79 Å². The van der Waals surface area contributed by atoms with Gasteiger partial charge in [0.2, 0.25) is 5.91 Å². The van der Waals surface area contributed by atoms with Crippen molar-refractivity contribution in [2.45, 2.75) is 46.0 Å². The van der Waals surface area contributed by atoms with Crippen LogP contribution in [0, 0.1) is 0 Å². The summed E-state index contributed by atoms with van der Waals surface area (Å²) in [4.78, 5) is 13.3. The Morgan fingerprint density at radius 1 is 0.939 bits per heavy atom. The van der Waals surface area contributed by atoms with Gasteiger partial charge in [0, 0.05) is 18.8 Å². The molecule has 33 heavy (non-hydrogen) atoms. The van der Waals surface area contributed by atoms with Crippen LogP contribution in [0.15, 0.2) is 72.8 Å². The fourth-order valence-electron chi connectivity index (χ4n) is 3.41. The third kappa shape index (κ3) is 6.99. The van der Waals surface area contributed by atoms with Crippen LogP contribution >= 0.6 is 0 Å². The maximum Gasteiger partial charge on any atom is 0.247 e. The van der Waals surface area contributed by atoms with Gasteiger partial charge in [0.1, 0.15) is 6.04 Å². The summed E-state index contributed by atoms with van der Waals surface area (Å²) in [5, 5.41) is 6.41. The minimum Gasteiger partial charge on any atom is -0.490 e. The second kappa shape index (κ2) is 11.9. The molecule has 6 heteroatoms. The van der Waals surface area contributed by atoms with E-state index in [0.29, 0.717) is 31.2 Å². The van der Waals surface area contributed by atoms with Crippen molar-refractivity contribution < 1.29 is 14.3 Å². The number of carbonyl (C=O) groups excluding carboxylic acids is 1. The van der Waals surface area contributed by atoms with Crippen LogP contribution in [0.25, 0.3) is 0 Å². The van der Waals surface area contributed by atoms with Crippen molar-refractivity contribution in [1.29, 1.82) is 0 Å². The van der Waals surface area contributed by atoms with Gasteiger partial charge in [-0.3, -0.25) is 4.79 Å². The zero-order valence-corrected chi connectivity index (χ0v) is 19.5. The Labute approximate surface area is 196 Å². The predicted molar refractivity (Wildman–Crippen MR) is 132 cm³/mol. The first kappa shape index (κ1) is 24.1. The summed E-state index contributed by atoms with van der Waals surface area (Å²) in [6, 6.07) is 22.6. The van der Waals surface area contributed by atoms with Crippen LogP contribution in [0.5, 0.6) is 11.5 Å². The van der Waals surface area contributed by atoms with Gasteiger partial charge in [-0.25, -0.2) is 0 Å². The van der Waals surface area contributed by atoms with Crippen molar-refractivity contribution >= 4 is 11.6 Å². The van der Waals surface area contributed by atoms with E-state index in [1.807, 2.05) is 93.6 Å². The molecule has 1 amide bonds. The van der Waals surface area contributed by atoms with E-state index < -0.39 is 6.04 Å². The quantitative estimate of drug-likeness (QED) is 0.393. The molecule has 174 valence electrons. The van der Waals surface area contributed by atoms with Crippen LogP contribution in [-0.4, -0.2) is 18.6 Å². The highest BCUT2D eigenvalue weighted by Crippen LogP contribution is 2.33. The van der Waals surface area contributed by atoms with Gasteiger partial charge in [-0.15, -0.1) is 0 Å². The van der Waals surface area contributed by atoms with Gasteiger partial charge in [0.15, 0.2) is 11.5 Å². The zero-order valence-electron chi connectivity index (χ0n) is 19.5. The molecule has 4 N–H and O–H groups in total. The number of anilines is 1. The van der Waals surface area contributed by atoms with Gasteiger partial charge in [-0.2, -0.15) is 0 Å². The number of amides is 1. The molecule has 0 fully saturated rings. The average molecular weight is 448 g/mol. The summed E-state index contributed by atoms with van der Waals surface area (Å²) >= 11 is 0. The molecular formula is C27H33N3O3. The smallest absolute Gasteiger partial charge is 0.247 e. The van der Waals surface area contributed by atoms with Crippen molar-refractivity contribution in [1.82, 2.24) is 5.32 Å². The second-order valence-corrected chi connectivity index (χ2v) is 7.99. The number of ether oxygens (including phenoxy) is 2. The lowest BCUT2D eigenvalue weighted by Gasteiger charge is -2.22. The highest BCUT2D eigenvalue weighted by atomic mass is 16.5. The van der Waals surface area contributed by atoms with Gasteiger partial charge in [-0.1, -0.05) is 48.5 Å². The molecule has 1 unspecified atom stereocenters. The highest BCUT2D eigenvalue weighted by molar-refractivity contribution is 5.86. The fraction of sp³-hybridized carbons (Fsp3) is 0.296. The van der Waals surface area contributed by atoms with E-state index in [2.05, 4.69) is 10.6 Å². The third-order valence-electron chi connectivity index (χ3n) is 5.04. The number of rotatable bonds is 11. The molecule has 0 aliphatic rings. The van der Waals surface area contributed by atoms with E-state index in [1.165, 1.54) is 0 Å². The summed E-state index contributed by atoms with van der Waals surface area (Å²) < 4.78 is 11.7. The van der Waals surface area contributed by atoms with Crippen LogP contribution in [0.1, 0.15) is 43.5 Å². The minimum atomic E-state index is -0.621. The maximum absolute atomic E-state index is 13.3. The van der Waals surface area contributed by atoms with E-state index in [1.54, 1.807) is 0 Å². The Morgan fingerprint density at radius 2 is 1.67 bits per heavy atom. The van der Waals surface area contributed by atoms with Crippen LogP contribution in [-0.2, 0) is 17.9 Å². The molecule has 0 saturated carbocycles. The van der Waals surface area contributed by atoms with Gasteiger partial charge in [-0.05, 0) is 61.7 Å². The van der Waals surface area contributed by atoms with E-state index in [0.717, 1.165) is 22.4 Å². The Balaban J connectivity index is 1.89. The van der Waals surface area contributed by atoms with E-state index in [4.69, 9.17) is 15.2 Å². The first-order valence-electron chi connectivity index (χ1n) is 11.3. The molecule has 0 spiro atoms. The van der Waals surface area contributed by atoms with Crippen LogP contribution in [0.2, 0.25) is 0 Å². The SMILES string of the molecule is CCOc1cc(C(Nc2ccc(CN)cc2)C(=O)NCc2ccccc2)ccc1OC(C)C. The van der Waals surface area contributed by atoms with Crippen molar-refractivity contribution in [3.8, 4) is 11.5 Å². The zero-order chi connectivity index (χ0) is 23.6. The summed E-state index contributed by atoms with van der Waals surface area (Å²) in [6.07, 6.45) is 0.0132. The summed E-state index contributed by atoms with van der Waals surface area (Å²) in [5.41, 5.74) is 9.39. The van der Waals surface area contributed by atoms with Crippen molar-refractivity contribution in [2.24, 2.45) is 5.73 Å². The number of benzene rings is 3. The van der Waals surface area contributed by atoms with Crippen LogP contribution < -0.4 is 25.8 Å². The standard InChI is InChI=1S/C27H33N3O3/c1-4-32-25-16-22(12-15-24(25)33-19(2)3)26(30-23-13-10-20(17-28)11-14-23)27(31)29-18-21-8-6-5-7-9-21/h5-16,19,26,30H,4,17-18,28H2,1-3H3,(H,29,31). The molecule has 0 bridgehead atoms. The van der Waals surface area contributed by atoms with Crippen molar-refractivity contribution in [3.05, 3.63) is 89.5 Å². The molecule has 0 saturated heterocycles. The molecule has 0 aliphatic carbocycles. The molecule has 3 rings (SSSR count). The summed E-state index contributed by atoms with van der Waals surface area (Å²) in [7, 11) is 0. The molecule has 0 aromatic heterocycles. The fourth-order valence-corrected chi connectivity index (χ4v) is 3.41. The van der Waals surface area contributed by atoms with Gasteiger partial charge in [0.05, 0.1) is 12.7 Å². The third-order valence-corrected chi connectivity index (χ3v) is 5.04. The lowest BCUT2D eigenvalue weighted by Crippen LogP contribution is -2.33. The first-order chi connectivity index (χ1) is 16.0. The van der Waals surface area contributed by atoms with Gasteiger partial charge >= 0.3 is 0 Å². The van der Waals surface area contributed by atoms with Crippen molar-refractivity contribution in [2.75, 3.05) is 11.9 Å². The summed E-state index contributed by atoms with van der Waals surface area (Å²) in [5.74, 6) is 1.14. The molecule has 1 atom stereocenters. The van der Waals surface area contributed by atoms with Gasteiger partial charge < -0.3 is 25.8 Å². The molecule has 0 aliphatic heterocycles. The number of nitrogens with one attached hydrogen (secondary N) is 2. The number of nitrogens with two attached hydrogens (primary N) is 1. The lowest BCUT2D eigenvalue weighted by molar-refractivity contribution is -0.122. The van der Waals surface area contributed by atoms with E-state index >= 15 is 0 Å². The largest absolute Gasteiger partial charge is 0.490 e. The lowest BCUT2D eigenvalue weighted by atomic mass is 10.0. The molecular weight excluding hydrogens is 414 g/mol. The minimum absolute atomic E-state index is 0.0132. The molecule has 3 aromatic rings. The Morgan fingerprint density at radius 3 is 2.30 bits per heavy atom. The van der Waals surface area contributed by atoms with E-state index in [-0.39, 0.29) is 12.0 Å². The molecule has 0 radical (unpaired) electrons. The monoisotopic (exact) mass is 447 g/mol. The number of carbonyl (C=O) groups is 1. The summed E-state index contributed by atoms with van der Waals surface area (Å²) in [6.45, 7) is 7.27. The van der Waals surface area contributed by atoms with Gasteiger partial charge in [0.25, 0.3) is 0 Å². The normalized spacial score (nSPS) is 11.7. The Hall–Kier alpha value is -3.51. The topological polar surface area (TPSA) is 85.6 Å². The molecule has 6 nitrogen and oxygen atoms in total. The van der Waals surface area contributed by atoms with Crippen LogP contribution in [0.4, 0.5) is 5.69 Å². The average Bonchev–Trinajstić information content (AvgIpc) is 2.83. The highest BCUT2D eigenvalue weighted by Gasteiger charge is 2.22. The number of hydrogen-bond donors (Lipinski definition) is 3. The Bertz CT molecular complexity index is 1020. The van der Waals surface area contributed by atoms with Crippen molar-refractivity contribution in [3.63, 3.8) is 0 Å². The first-order valence-corrected chi connectivity index (χ1v) is 11.3. The second-order valence-electron chi connectivity index (χ2n) is 7.99.